The first kappa shape index (κ1) is 10.2. The molecule has 0 saturated heterocycles. The van der Waals surface area contributed by atoms with Crippen molar-refractivity contribution in [3.63, 3.8) is 0 Å². The molecule has 1 atom stereocenters. The molecular weight excluding hydrogens is 163 g/mol. The fraction of sp³-hybridized carbons (Fsp3) is 0.500. The van der Waals surface area contributed by atoms with Crippen LogP contribution in [0.15, 0.2) is 18.2 Å². The van der Waals surface area contributed by atoms with E-state index < -0.39 is 0 Å². The molecule has 2 rings (SSSR count). The first-order valence-corrected chi connectivity index (χ1v) is 4.53. The van der Waals surface area contributed by atoms with Gasteiger partial charge in [0.1, 0.15) is 5.82 Å². The van der Waals surface area contributed by atoms with Crippen LogP contribution in [0.3, 0.4) is 0 Å². The standard InChI is InChI=1S/C11H13F.CH4/c1-8-5-6-10-9(7-8)3-2-4-11(10)12;/h2-4,8H,5-7H2,1H3;1H4. The van der Waals surface area contributed by atoms with Crippen LogP contribution in [0.2, 0.25) is 0 Å². The predicted octanol–water partition coefficient (Wildman–Crippen LogP) is 3.59. The van der Waals surface area contributed by atoms with Crippen molar-refractivity contribution < 1.29 is 4.39 Å². The highest BCUT2D eigenvalue weighted by Gasteiger charge is 2.17. The van der Waals surface area contributed by atoms with Gasteiger partial charge < -0.3 is 0 Å². The van der Waals surface area contributed by atoms with Crippen molar-refractivity contribution in [2.24, 2.45) is 5.92 Å². The van der Waals surface area contributed by atoms with E-state index in [0.717, 1.165) is 30.7 Å². The summed E-state index contributed by atoms with van der Waals surface area (Å²) < 4.78 is 13.2. The second-order valence-electron chi connectivity index (χ2n) is 3.73. The van der Waals surface area contributed by atoms with Crippen LogP contribution < -0.4 is 0 Å². The zero-order chi connectivity index (χ0) is 8.55. The minimum atomic E-state index is -0.0144. The third-order valence-electron chi connectivity index (χ3n) is 2.67. The number of halogens is 1. The molecule has 0 aliphatic heterocycles. The van der Waals surface area contributed by atoms with Crippen LogP contribution in [0, 0.1) is 11.7 Å². The van der Waals surface area contributed by atoms with Crippen LogP contribution in [0.4, 0.5) is 4.39 Å². The molecule has 1 unspecified atom stereocenters. The molecule has 13 heavy (non-hydrogen) atoms. The van der Waals surface area contributed by atoms with Gasteiger partial charge in [-0.25, -0.2) is 4.39 Å². The van der Waals surface area contributed by atoms with Crippen molar-refractivity contribution in [3.8, 4) is 0 Å². The van der Waals surface area contributed by atoms with Gasteiger partial charge in [-0.15, -0.1) is 0 Å². The maximum Gasteiger partial charge on any atom is 0.126 e. The molecule has 0 amide bonds. The second kappa shape index (κ2) is 3.91. The van der Waals surface area contributed by atoms with Crippen LogP contribution in [-0.2, 0) is 12.8 Å². The first-order chi connectivity index (χ1) is 5.77. The topological polar surface area (TPSA) is 0 Å². The van der Waals surface area contributed by atoms with Gasteiger partial charge in [-0.2, -0.15) is 0 Å². The maximum atomic E-state index is 13.2. The molecule has 0 spiro atoms. The number of benzene rings is 1. The van der Waals surface area contributed by atoms with E-state index in [1.807, 2.05) is 12.1 Å². The molecule has 0 radical (unpaired) electrons. The fourth-order valence-corrected chi connectivity index (χ4v) is 1.94. The average Bonchev–Trinajstić information content (AvgIpc) is 2.04. The van der Waals surface area contributed by atoms with E-state index in [1.165, 1.54) is 5.56 Å². The molecule has 72 valence electrons. The Labute approximate surface area is 79.8 Å². The molecule has 0 N–H and O–H groups in total. The van der Waals surface area contributed by atoms with Crippen LogP contribution in [0.25, 0.3) is 0 Å². The third-order valence-corrected chi connectivity index (χ3v) is 2.67. The highest BCUT2D eigenvalue weighted by atomic mass is 19.1. The van der Waals surface area contributed by atoms with Crippen molar-refractivity contribution in [3.05, 3.63) is 35.1 Å². The summed E-state index contributed by atoms with van der Waals surface area (Å²) >= 11 is 0. The van der Waals surface area contributed by atoms with Gasteiger partial charge in [0.2, 0.25) is 0 Å². The van der Waals surface area contributed by atoms with Gasteiger partial charge in [-0.1, -0.05) is 26.5 Å². The van der Waals surface area contributed by atoms with Gasteiger partial charge in [-0.05, 0) is 42.4 Å². The van der Waals surface area contributed by atoms with E-state index in [1.54, 1.807) is 6.07 Å². The summed E-state index contributed by atoms with van der Waals surface area (Å²) in [5.41, 5.74) is 2.17. The quantitative estimate of drug-likeness (QED) is 0.572. The summed E-state index contributed by atoms with van der Waals surface area (Å²) in [5, 5.41) is 0. The molecule has 0 saturated carbocycles. The lowest BCUT2D eigenvalue weighted by Crippen LogP contribution is -2.12. The Hall–Kier alpha value is -0.850. The van der Waals surface area contributed by atoms with Crippen molar-refractivity contribution in [1.82, 2.24) is 0 Å². The minimum absolute atomic E-state index is 0. The normalized spacial score (nSPS) is 20.3. The monoisotopic (exact) mass is 180 g/mol. The summed E-state index contributed by atoms with van der Waals surface area (Å²) in [6, 6.07) is 5.43. The first-order valence-electron chi connectivity index (χ1n) is 4.53. The second-order valence-corrected chi connectivity index (χ2v) is 3.73. The third kappa shape index (κ3) is 1.90. The molecule has 0 fully saturated rings. The lowest BCUT2D eigenvalue weighted by atomic mass is 9.85. The molecule has 1 heteroatoms. The van der Waals surface area contributed by atoms with Gasteiger partial charge in [0.15, 0.2) is 0 Å². The summed E-state index contributed by atoms with van der Waals surface area (Å²) in [7, 11) is 0. The van der Waals surface area contributed by atoms with E-state index in [9.17, 15) is 4.39 Å². The molecule has 1 aromatic carbocycles. The van der Waals surface area contributed by atoms with Crippen LogP contribution in [0.5, 0.6) is 0 Å². The van der Waals surface area contributed by atoms with Gasteiger partial charge in [0.25, 0.3) is 0 Å². The van der Waals surface area contributed by atoms with Crippen LogP contribution in [-0.4, -0.2) is 0 Å². The molecule has 1 aliphatic carbocycles. The van der Waals surface area contributed by atoms with Crippen molar-refractivity contribution in [2.75, 3.05) is 0 Å². The predicted molar refractivity (Wildman–Crippen MR) is 54.3 cm³/mol. The Morgan fingerprint density at radius 2 is 2.15 bits per heavy atom. The fourth-order valence-electron chi connectivity index (χ4n) is 1.94. The smallest absolute Gasteiger partial charge is 0.126 e. The number of hydrogen-bond donors (Lipinski definition) is 0. The van der Waals surface area contributed by atoms with Crippen molar-refractivity contribution >= 4 is 0 Å². The van der Waals surface area contributed by atoms with Crippen LogP contribution >= 0.6 is 0 Å². The van der Waals surface area contributed by atoms with Gasteiger partial charge in [-0.3, -0.25) is 0 Å². The Morgan fingerprint density at radius 1 is 1.38 bits per heavy atom. The highest BCUT2D eigenvalue weighted by molar-refractivity contribution is 5.30. The van der Waals surface area contributed by atoms with Crippen molar-refractivity contribution in [2.45, 2.75) is 33.6 Å². The van der Waals surface area contributed by atoms with E-state index >= 15 is 0 Å². The Bertz CT molecular complexity index is 291. The molecule has 0 aromatic heterocycles. The molecular formula is C12H17F. The lowest BCUT2D eigenvalue weighted by Gasteiger charge is -2.21. The molecule has 0 nitrogen and oxygen atoms in total. The molecule has 0 heterocycles. The molecule has 1 aliphatic rings. The van der Waals surface area contributed by atoms with E-state index in [-0.39, 0.29) is 13.2 Å². The lowest BCUT2D eigenvalue weighted by molar-refractivity contribution is 0.482. The van der Waals surface area contributed by atoms with Crippen molar-refractivity contribution in [1.29, 1.82) is 0 Å². The highest BCUT2D eigenvalue weighted by Crippen LogP contribution is 2.26. The van der Waals surface area contributed by atoms with Gasteiger partial charge in [0, 0.05) is 0 Å². The number of rotatable bonds is 0. The number of hydrogen-bond acceptors (Lipinski definition) is 0. The summed E-state index contributed by atoms with van der Waals surface area (Å²) in [6.45, 7) is 2.23. The maximum absolute atomic E-state index is 13.2. The zero-order valence-electron chi connectivity index (χ0n) is 7.31. The minimum Gasteiger partial charge on any atom is -0.207 e. The molecule has 0 bridgehead atoms. The summed E-state index contributed by atoms with van der Waals surface area (Å²) in [5.74, 6) is 0.707. The van der Waals surface area contributed by atoms with Crippen LogP contribution in [0.1, 0.15) is 31.9 Å². The Morgan fingerprint density at radius 3 is 2.92 bits per heavy atom. The summed E-state index contributed by atoms with van der Waals surface area (Å²) in [6.07, 6.45) is 3.10. The SMILES string of the molecule is C.CC1CCc2c(F)cccc2C1. The van der Waals surface area contributed by atoms with E-state index in [2.05, 4.69) is 6.92 Å². The van der Waals surface area contributed by atoms with E-state index in [0.29, 0.717) is 0 Å². The van der Waals surface area contributed by atoms with Gasteiger partial charge >= 0.3 is 0 Å². The van der Waals surface area contributed by atoms with Gasteiger partial charge in [0.05, 0.1) is 0 Å². The number of fused-ring (bicyclic) bond motifs is 1. The Balaban J connectivity index is 0.000000845. The average molecular weight is 180 g/mol. The van der Waals surface area contributed by atoms with E-state index in [4.69, 9.17) is 0 Å². The summed E-state index contributed by atoms with van der Waals surface area (Å²) in [4.78, 5) is 0. The zero-order valence-corrected chi connectivity index (χ0v) is 7.31. The largest absolute Gasteiger partial charge is 0.207 e. The Kier molecular flexibility index (Phi) is 3.07. The molecule has 1 aromatic rings.